The van der Waals surface area contributed by atoms with Crippen molar-refractivity contribution >= 4 is 5.97 Å². The van der Waals surface area contributed by atoms with Crippen LogP contribution < -0.4 is 9.47 Å². The first-order valence-electron chi connectivity index (χ1n) is 9.90. The minimum absolute atomic E-state index is 0.300. The van der Waals surface area contributed by atoms with Gasteiger partial charge in [-0.3, -0.25) is 4.79 Å². The van der Waals surface area contributed by atoms with E-state index in [0.29, 0.717) is 34.9 Å². The molecule has 0 spiro atoms. The lowest BCUT2D eigenvalue weighted by Gasteiger charge is -2.50. The highest BCUT2D eigenvalue weighted by atomic mass is 16.6. The second-order valence-corrected chi connectivity index (χ2v) is 8.56. The van der Waals surface area contributed by atoms with Crippen LogP contribution in [0.1, 0.15) is 63.0 Å². The van der Waals surface area contributed by atoms with Gasteiger partial charge < -0.3 is 14.2 Å². The van der Waals surface area contributed by atoms with Crippen molar-refractivity contribution in [2.24, 2.45) is 17.3 Å². The smallest absolute Gasteiger partial charge is 0.308 e. The summed E-state index contributed by atoms with van der Waals surface area (Å²) in [7, 11) is 3.51. The molecule has 3 aliphatic rings. The zero-order valence-electron chi connectivity index (χ0n) is 16.3. The molecule has 4 rings (SSSR count). The standard InChI is InChI=1S/C22H30O4/c1-13(23)26-20-12-17-14(11-19(20)24-3)5-6-16-15(17)9-10-22(2)18(16)7-8-21(22)25-4/h11-12,15-16,18,21H,5-10H2,1-4H3/t15?,16?,18?,21?,22-/m0/s1. The molecule has 2 fully saturated rings. The van der Waals surface area contributed by atoms with Gasteiger partial charge in [-0.1, -0.05) is 6.92 Å². The molecule has 0 radical (unpaired) electrons. The van der Waals surface area contributed by atoms with E-state index in [1.807, 2.05) is 7.11 Å². The summed E-state index contributed by atoms with van der Waals surface area (Å²) in [5, 5.41) is 0. The van der Waals surface area contributed by atoms with Crippen LogP contribution in [0.4, 0.5) is 0 Å². The monoisotopic (exact) mass is 358 g/mol. The fourth-order valence-electron chi connectivity index (χ4n) is 6.31. The highest BCUT2D eigenvalue weighted by Crippen LogP contribution is 2.61. The van der Waals surface area contributed by atoms with Crippen LogP contribution in [-0.4, -0.2) is 26.3 Å². The number of hydrogen-bond donors (Lipinski definition) is 0. The summed E-state index contributed by atoms with van der Waals surface area (Å²) in [5.74, 6) is 2.93. The Labute approximate surface area is 156 Å². The van der Waals surface area contributed by atoms with Gasteiger partial charge in [-0.2, -0.15) is 0 Å². The molecule has 0 N–H and O–H groups in total. The van der Waals surface area contributed by atoms with Crippen molar-refractivity contribution in [3.05, 3.63) is 23.3 Å². The number of carbonyl (C=O) groups excluding carboxylic acids is 1. The van der Waals surface area contributed by atoms with E-state index in [1.54, 1.807) is 7.11 Å². The summed E-state index contributed by atoms with van der Waals surface area (Å²) in [5.41, 5.74) is 3.06. The highest BCUT2D eigenvalue weighted by molar-refractivity contribution is 5.71. The summed E-state index contributed by atoms with van der Waals surface area (Å²) in [6.07, 6.45) is 7.60. The van der Waals surface area contributed by atoms with Crippen LogP contribution in [0.5, 0.6) is 11.5 Å². The first-order chi connectivity index (χ1) is 12.5. The van der Waals surface area contributed by atoms with E-state index in [-0.39, 0.29) is 5.97 Å². The van der Waals surface area contributed by atoms with Crippen LogP contribution in [0.2, 0.25) is 0 Å². The first kappa shape index (κ1) is 17.8. The normalized spacial score (nSPS) is 35.2. The predicted molar refractivity (Wildman–Crippen MR) is 99.7 cm³/mol. The third-order valence-corrected chi connectivity index (χ3v) is 7.46. The van der Waals surface area contributed by atoms with Crippen LogP contribution in [0.3, 0.4) is 0 Å². The van der Waals surface area contributed by atoms with Gasteiger partial charge >= 0.3 is 5.97 Å². The van der Waals surface area contributed by atoms with Gasteiger partial charge in [0.05, 0.1) is 13.2 Å². The van der Waals surface area contributed by atoms with E-state index in [9.17, 15) is 4.79 Å². The number of ether oxygens (including phenoxy) is 3. The van der Waals surface area contributed by atoms with Crippen LogP contribution >= 0.6 is 0 Å². The van der Waals surface area contributed by atoms with Crippen molar-refractivity contribution in [1.29, 1.82) is 0 Å². The molecule has 142 valence electrons. The molecule has 4 heteroatoms. The van der Waals surface area contributed by atoms with Crippen molar-refractivity contribution in [3.63, 3.8) is 0 Å². The number of fused-ring (bicyclic) bond motifs is 5. The molecule has 0 amide bonds. The van der Waals surface area contributed by atoms with Crippen molar-refractivity contribution in [1.82, 2.24) is 0 Å². The lowest BCUT2D eigenvalue weighted by molar-refractivity contribution is -0.132. The number of aryl methyl sites for hydroxylation is 1. The molecule has 0 bridgehead atoms. The van der Waals surface area contributed by atoms with Crippen LogP contribution in [-0.2, 0) is 16.0 Å². The fourth-order valence-corrected chi connectivity index (χ4v) is 6.31. The highest BCUT2D eigenvalue weighted by Gasteiger charge is 2.55. The molecule has 3 aliphatic carbocycles. The average molecular weight is 358 g/mol. The molecule has 0 heterocycles. The molecular formula is C22H30O4. The van der Waals surface area contributed by atoms with Gasteiger partial charge in [-0.15, -0.1) is 0 Å². The van der Waals surface area contributed by atoms with Gasteiger partial charge in [-0.05, 0) is 85.0 Å². The lowest BCUT2D eigenvalue weighted by Crippen LogP contribution is -2.44. The number of esters is 1. The van der Waals surface area contributed by atoms with Crippen molar-refractivity contribution in [3.8, 4) is 11.5 Å². The van der Waals surface area contributed by atoms with Gasteiger partial charge in [0.15, 0.2) is 11.5 Å². The molecule has 1 aromatic rings. The van der Waals surface area contributed by atoms with Crippen LogP contribution in [0, 0.1) is 17.3 Å². The molecule has 1 aromatic carbocycles. The summed E-state index contributed by atoms with van der Waals surface area (Å²) in [6.45, 7) is 3.89. The van der Waals surface area contributed by atoms with E-state index < -0.39 is 0 Å². The average Bonchev–Trinajstić information content (AvgIpc) is 2.96. The maximum Gasteiger partial charge on any atom is 0.308 e. The maximum atomic E-state index is 11.5. The molecule has 0 aliphatic heterocycles. The second kappa shape index (κ2) is 6.56. The zero-order valence-corrected chi connectivity index (χ0v) is 16.3. The minimum Gasteiger partial charge on any atom is -0.493 e. The number of carbonyl (C=O) groups is 1. The number of benzene rings is 1. The zero-order chi connectivity index (χ0) is 18.5. The third-order valence-electron chi connectivity index (χ3n) is 7.46. The molecule has 2 saturated carbocycles. The lowest BCUT2D eigenvalue weighted by atomic mass is 9.55. The van der Waals surface area contributed by atoms with Gasteiger partial charge in [0.25, 0.3) is 0 Å². The van der Waals surface area contributed by atoms with Crippen LogP contribution in [0.25, 0.3) is 0 Å². The summed E-state index contributed by atoms with van der Waals surface area (Å²) in [4.78, 5) is 11.5. The Bertz CT molecular complexity index is 712. The van der Waals surface area contributed by atoms with Gasteiger partial charge in [0.1, 0.15) is 0 Å². The molecule has 4 unspecified atom stereocenters. The van der Waals surface area contributed by atoms with Crippen molar-refractivity contribution in [2.45, 2.75) is 64.4 Å². The fraction of sp³-hybridized carbons (Fsp3) is 0.682. The Morgan fingerprint density at radius 3 is 2.62 bits per heavy atom. The Hall–Kier alpha value is -1.55. The largest absolute Gasteiger partial charge is 0.493 e. The molecule has 5 atom stereocenters. The summed E-state index contributed by atoms with van der Waals surface area (Å²) < 4.78 is 16.8. The van der Waals surface area contributed by atoms with Gasteiger partial charge in [0.2, 0.25) is 0 Å². The third kappa shape index (κ3) is 2.65. The minimum atomic E-state index is -0.300. The Morgan fingerprint density at radius 2 is 1.92 bits per heavy atom. The maximum absolute atomic E-state index is 11.5. The van der Waals surface area contributed by atoms with Crippen LogP contribution in [0.15, 0.2) is 12.1 Å². The van der Waals surface area contributed by atoms with E-state index in [2.05, 4.69) is 19.1 Å². The summed E-state index contributed by atoms with van der Waals surface area (Å²) >= 11 is 0. The summed E-state index contributed by atoms with van der Waals surface area (Å²) in [6, 6.07) is 4.17. The number of rotatable bonds is 3. The first-order valence-corrected chi connectivity index (χ1v) is 9.90. The second-order valence-electron chi connectivity index (χ2n) is 8.56. The SMILES string of the molecule is COc1cc2c(cc1OC(C)=O)C1CC[C@]3(C)C(OC)CCC3C1CC2. The van der Waals surface area contributed by atoms with Crippen molar-refractivity contribution < 1.29 is 19.0 Å². The number of hydrogen-bond acceptors (Lipinski definition) is 4. The van der Waals surface area contributed by atoms with E-state index in [1.165, 1.54) is 50.2 Å². The van der Waals surface area contributed by atoms with E-state index in [4.69, 9.17) is 14.2 Å². The quantitative estimate of drug-likeness (QED) is 0.590. The Kier molecular flexibility index (Phi) is 4.50. The molecule has 0 aromatic heterocycles. The predicted octanol–water partition coefficient (Wildman–Crippen LogP) is 4.49. The van der Waals surface area contributed by atoms with E-state index in [0.717, 1.165) is 12.3 Å². The van der Waals surface area contributed by atoms with Gasteiger partial charge in [-0.25, -0.2) is 0 Å². The number of methoxy groups -OCH3 is 2. The van der Waals surface area contributed by atoms with E-state index >= 15 is 0 Å². The van der Waals surface area contributed by atoms with Crippen molar-refractivity contribution in [2.75, 3.05) is 14.2 Å². The van der Waals surface area contributed by atoms with Gasteiger partial charge in [0, 0.05) is 14.0 Å². The Morgan fingerprint density at radius 1 is 1.12 bits per heavy atom. The molecule has 26 heavy (non-hydrogen) atoms. The molecule has 4 nitrogen and oxygen atoms in total. The molecule has 0 saturated heterocycles. The molecular weight excluding hydrogens is 328 g/mol. The topological polar surface area (TPSA) is 44.8 Å². The Balaban J connectivity index is 1.69.